The summed E-state index contributed by atoms with van der Waals surface area (Å²) in [6, 6.07) is 18.9. The molecule has 0 amide bonds. The first-order valence-electron chi connectivity index (χ1n) is 5.75. The molecule has 0 N–H and O–H groups in total. The lowest BCUT2D eigenvalue weighted by Crippen LogP contribution is -1.84. The van der Waals surface area contributed by atoms with Crippen LogP contribution in [0.5, 0.6) is 0 Å². The Kier molecular flexibility index (Phi) is 2.37. The van der Waals surface area contributed by atoms with Crippen molar-refractivity contribution < 1.29 is 0 Å². The van der Waals surface area contributed by atoms with E-state index in [1.807, 2.05) is 24.4 Å². The van der Waals surface area contributed by atoms with Gasteiger partial charge in [-0.1, -0.05) is 48.0 Å². The highest BCUT2D eigenvalue weighted by Crippen LogP contribution is 2.22. The van der Waals surface area contributed by atoms with Gasteiger partial charge >= 0.3 is 0 Å². The van der Waals surface area contributed by atoms with Crippen LogP contribution in [-0.2, 0) is 0 Å². The van der Waals surface area contributed by atoms with Gasteiger partial charge in [0.15, 0.2) is 0 Å². The summed E-state index contributed by atoms with van der Waals surface area (Å²) in [6.07, 6.45) is 1.95. The van der Waals surface area contributed by atoms with E-state index in [4.69, 9.17) is 0 Å². The van der Waals surface area contributed by atoms with Crippen molar-refractivity contribution in [3.63, 3.8) is 0 Å². The van der Waals surface area contributed by atoms with Gasteiger partial charge in [0.25, 0.3) is 0 Å². The van der Waals surface area contributed by atoms with Crippen molar-refractivity contribution in [2.24, 2.45) is 0 Å². The van der Waals surface area contributed by atoms with Crippen LogP contribution in [0.25, 0.3) is 22.0 Å². The predicted octanol–water partition coefficient (Wildman–Crippen LogP) is 4.21. The minimum absolute atomic E-state index is 1.03. The molecule has 0 aliphatic heterocycles. The average molecular weight is 219 g/mol. The molecule has 17 heavy (non-hydrogen) atoms. The fraction of sp³-hybridized carbons (Fsp3) is 0.0625. The molecule has 0 fully saturated rings. The van der Waals surface area contributed by atoms with E-state index in [1.54, 1.807) is 0 Å². The van der Waals surface area contributed by atoms with Crippen molar-refractivity contribution >= 4 is 10.8 Å². The summed E-state index contributed by atoms with van der Waals surface area (Å²) in [6.45, 7) is 2.10. The zero-order chi connectivity index (χ0) is 11.7. The third-order valence-corrected chi connectivity index (χ3v) is 2.95. The van der Waals surface area contributed by atoms with Crippen LogP contribution in [0.3, 0.4) is 0 Å². The lowest BCUT2D eigenvalue weighted by atomic mass is 10.1. The molecule has 0 aliphatic carbocycles. The van der Waals surface area contributed by atoms with Gasteiger partial charge in [-0.15, -0.1) is 0 Å². The summed E-state index contributed by atoms with van der Waals surface area (Å²) in [5, 5.41) is 2.44. The summed E-state index contributed by atoms with van der Waals surface area (Å²) in [5.41, 5.74) is 3.46. The summed E-state index contributed by atoms with van der Waals surface area (Å²) in [4.78, 5) is 4.52. The third-order valence-electron chi connectivity index (χ3n) is 2.95. The number of aryl methyl sites for hydroxylation is 1. The molecular weight excluding hydrogens is 206 g/mol. The van der Waals surface area contributed by atoms with Gasteiger partial charge in [0.1, 0.15) is 0 Å². The van der Waals surface area contributed by atoms with Crippen LogP contribution < -0.4 is 0 Å². The van der Waals surface area contributed by atoms with E-state index in [0.29, 0.717) is 0 Å². The van der Waals surface area contributed by atoms with E-state index in [-0.39, 0.29) is 0 Å². The molecule has 82 valence electrons. The van der Waals surface area contributed by atoms with Gasteiger partial charge in [-0.2, -0.15) is 0 Å². The molecule has 0 saturated carbocycles. The standard InChI is InChI=1S/C16H13N/c1-12-7-8-14-10-16(17-11-15(14)9-12)13-5-3-2-4-6-13/h2-11H,1H3. The number of hydrogen-bond donors (Lipinski definition) is 0. The van der Waals surface area contributed by atoms with Gasteiger partial charge in [0, 0.05) is 17.1 Å². The van der Waals surface area contributed by atoms with Crippen LogP contribution in [0.4, 0.5) is 0 Å². The lowest BCUT2D eigenvalue weighted by Gasteiger charge is -2.03. The maximum atomic E-state index is 4.52. The average Bonchev–Trinajstić information content (AvgIpc) is 2.39. The van der Waals surface area contributed by atoms with Gasteiger partial charge in [0.2, 0.25) is 0 Å². The number of aromatic nitrogens is 1. The zero-order valence-electron chi connectivity index (χ0n) is 9.72. The zero-order valence-corrected chi connectivity index (χ0v) is 9.72. The molecule has 1 heteroatoms. The molecule has 0 aliphatic rings. The quantitative estimate of drug-likeness (QED) is 0.597. The summed E-state index contributed by atoms with van der Waals surface area (Å²) < 4.78 is 0. The van der Waals surface area contributed by atoms with Gasteiger partial charge in [-0.05, 0) is 24.4 Å². The lowest BCUT2D eigenvalue weighted by molar-refractivity contribution is 1.35. The Balaban J connectivity index is 2.17. The molecule has 0 saturated heterocycles. The second kappa shape index (κ2) is 4.02. The van der Waals surface area contributed by atoms with E-state index >= 15 is 0 Å². The second-order valence-corrected chi connectivity index (χ2v) is 4.29. The summed E-state index contributed by atoms with van der Waals surface area (Å²) in [7, 11) is 0. The molecule has 1 nitrogen and oxygen atoms in total. The largest absolute Gasteiger partial charge is 0.256 e. The first-order chi connectivity index (χ1) is 8.33. The molecule has 3 rings (SSSR count). The molecule has 0 bridgehead atoms. The fourth-order valence-electron chi connectivity index (χ4n) is 2.03. The van der Waals surface area contributed by atoms with Crippen molar-refractivity contribution in [3.05, 3.63) is 66.4 Å². The Hall–Kier alpha value is -2.15. The van der Waals surface area contributed by atoms with E-state index in [0.717, 1.165) is 11.3 Å². The van der Waals surface area contributed by atoms with Crippen LogP contribution in [0.2, 0.25) is 0 Å². The van der Waals surface area contributed by atoms with Crippen molar-refractivity contribution in [1.82, 2.24) is 4.98 Å². The molecule has 0 atom stereocenters. The van der Waals surface area contributed by atoms with Crippen LogP contribution >= 0.6 is 0 Å². The Labute approximate surface area is 101 Å². The number of fused-ring (bicyclic) bond motifs is 1. The molecular formula is C16H13N. The number of benzene rings is 2. The number of nitrogens with zero attached hydrogens (tertiary/aromatic N) is 1. The second-order valence-electron chi connectivity index (χ2n) is 4.29. The minimum Gasteiger partial charge on any atom is -0.256 e. The summed E-state index contributed by atoms with van der Waals surface area (Å²) in [5.74, 6) is 0. The first kappa shape index (κ1) is 10.0. The third kappa shape index (κ3) is 1.92. The van der Waals surface area contributed by atoms with Crippen LogP contribution in [-0.4, -0.2) is 4.98 Å². The highest BCUT2D eigenvalue weighted by Gasteiger charge is 2.00. The number of rotatable bonds is 1. The van der Waals surface area contributed by atoms with Crippen molar-refractivity contribution in [2.45, 2.75) is 6.92 Å². The van der Waals surface area contributed by atoms with Crippen molar-refractivity contribution in [2.75, 3.05) is 0 Å². The minimum atomic E-state index is 1.03. The van der Waals surface area contributed by atoms with Gasteiger partial charge in [-0.3, -0.25) is 4.98 Å². The summed E-state index contributed by atoms with van der Waals surface area (Å²) >= 11 is 0. The number of pyridine rings is 1. The highest BCUT2D eigenvalue weighted by molar-refractivity contribution is 5.85. The molecule has 3 aromatic rings. The highest BCUT2D eigenvalue weighted by atomic mass is 14.7. The molecule has 2 aromatic carbocycles. The Morgan fingerprint density at radius 3 is 2.47 bits per heavy atom. The maximum absolute atomic E-state index is 4.52. The molecule has 0 radical (unpaired) electrons. The van der Waals surface area contributed by atoms with Crippen LogP contribution in [0.15, 0.2) is 60.8 Å². The van der Waals surface area contributed by atoms with Gasteiger partial charge in [-0.25, -0.2) is 0 Å². The van der Waals surface area contributed by atoms with E-state index < -0.39 is 0 Å². The van der Waals surface area contributed by atoms with Crippen LogP contribution in [0.1, 0.15) is 5.56 Å². The topological polar surface area (TPSA) is 12.9 Å². The molecule has 1 aromatic heterocycles. The SMILES string of the molecule is Cc1ccc2cc(-c3ccccc3)ncc2c1. The normalized spacial score (nSPS) is 10.6. The maximum Gasteiger partial charge on any atom is 0.0708 e. The molecule has 1 heterocycles. The van der Waals surface area contributed by atoms with E-state index in [2.05, 4.69) is 48.3 Å². The molecule has 0 spiro atoms. The van der Waals surface area contributed by atoms with Crippen LogP contribution in [0, 0.1) is 6.92 Å². The van der Waals surface area contributed by atoms with E-state index in [1.165, 1.54) is 16.3 Å². The van der Waals surface area contributed by atoms with E-state index in [9.17, 15) is 0 Å². The van der Waals surface area contributed by atoms with Gasteiger partial charge < -0.3 is 0 Å². The Bertz CT molecular complexity index is 657. The number of hydrogen-bond acceptors (Lipinski definition) is 1. The van der Waals surface area contributed by atoms with Crippen molar-refractivity contribution in [3.8, 4) is 11.3 Å². The van der Waals surface area contributed by atoms with Gasteiger partial charge in [0.05, 0.1) is 5.69 Å². The first-order valence-corrected chi connectivity index (χ1v) is 5.75. The Morgan fingerprint density at radius 2 is 1.65 bits per heavy atom. The van der Waals surface area contributed by atoms with Crippen molar-refractivity contribution in [1.29, 1.82) is 0 Å². The smallest absolute Gasteiger partial charge is 0.0708 e. The Morgan fingerprint density at radius 1 is 0.824 bits per heavy atom. The molecule has 0 unspecified atom stereocenters. The monoisotopic (exact) mass is 219 g/mol. The predicted molar refractivity (Wildman–Crippen MR) is 71.9 cm³/mol. The fourth-order valence-corrected chi connectivity index (χ4v) is 2.03.